The van der Waals surface area contributed by atoms with Crippen LogP contribution in [0.15, 0.2) is 95.5 Å². The number of phosphoric ester groups is 1. The molecule has 31 heavy (non-hydrogen) atoms. The standard InChI is InChI=1S/C23H20BrO6P/c1-27-23(25)17-16-22(18-12-14-19(24)15-13-18)30-31(26,28-20-8-4-2-5-9-20)29-21-10-6-3-7-11-21/h2-16H,17H2,1H3/b22-16-. The Morgan fingerprint density at radius 1 is 0.871 bits per heavy atom. The number of carbonyl (C=O) groups excluding carboxylic acids is 1. The van der Waals surface area contributed by atoms with Crippen molar-refractivity contribution in [2.75, 3.05) is 7.11 Å². The maximum absolute atomic E-state index is 13.7. The van der Waals surface area contributed by atoms with Gasteiger partial charge in [0, 0.05) is 10.0 Å². The second-order valence-electron chi connectivity index (χ2n) is 6.20. The zero-order valence-corrected chi connectivity index (χ0v) is 19.1. The first kappa shape index (κ1) is 22.7. The Labute approximate surface area is 189 Å². The fourth-order valence-corrected chi connectivity index (χ4v) is 4.04. The summed E-state index contributed by atoms with van der Waals surface area (Å²) in [6.07, 6.45) is 1.39. The van der Waals surface area contributed by atoms with Crippen LogP contribution < -0.4 is 9.05 Å². The number of benzene rings is 3. The molecule has 0 N–H and O–H groups in total. The Kier molecular flexibility index (Phi) is 7.93. The molecule has 3 aromatic carbocycles. The zero-order valence-electron chi connectivity index (χ0n) is 16.6. The van der Waals surface area contributed by atoms with Crippen LogP contribution in [0.4, 0.5) is 0 Å². The molecule has 0 bridgehead atoms. The summed E-state index contributed by atoms with van der Waals surface area (Å²) in [6, 6.07) is 24.2. The molecule has 160 valence electrons. The summed E-state index contributed by atoms with van der Waals surface area (Å²) in [5.41, 5.74) is 0.584. The van der Waals surface area contributed by atoms with Crippen LogP contribution in [0.5, 0.6) is 11.5 Å². The quantitative estimate of drug-likeness (QED) is 0.185. The lowest BCUT2D eigenvalue weighted by Crippen LogP contribution is -2.06. The Balaban J connectivity index is 1.96. The second-order valence-corrected chi connectivity index (χ2v) is 8.56. The highest BCUT2D eigenvalue weighted by atomic mass is 79.9. The van der Waals surface area contributed by atoms with Gasteiger partial charge in [-0.3, -0.25) is 4.79 Å². The van der Waals surface area contributed by atoms with Crippen molar-refractivity contribution in [2.24, 2.45) is 0 Å². The van der Waals surface area contributed by atoms with Gasteiger partial charge in [0.25, 0.3) is 0 Å². The highest BCUT2D eigenvalue weighted by molar-refractivity contribution is 9.10. The first-order valence-electron chi connectivity index (χ1n) is 9.29. The average molecular weight is 503 g/mol. The van der Waals surface area contributed by atoms with Crippen molar-refractivity contribution in [3.8, 4) is 11.5 Å². The van der Waals surface area contributed by atoms with Gasteiger partial charge in [0.2, 0.25) is 0 Å². The monoisotopic (exact) mass is 502 g/mol. The van der Waals surface area contributed by atoms with Crippen molar-refractivity contribution in [3.63, 3.8) is 0 Å². The molecule has 8 heteroatoms. The van der Waals surface area contributed by atoms with Gasteiger partial charge in [0.05, 0.1) is 13.5 Å². The predicted molar refractivity (Wildman–Crippen MR) is 122 cm³/mol. The number of hydrogen-bond donors (Lipinski definition) is 0. The maximum Gasteiger partial charge on any atom is 0.647 e. The predicted octanol–water partition coefficient (Wildman–Crippen LogP) is 6.64. The molecular weight excluding hydrogens is 483 g/mol. The summed E-state index contributed by atoms with van der Waals surface area (Å²) < 4.78 is 36.4. The Morgan fingerprint density at radius 2 is 1.39 bits per heavy atom. The van der Waals surface area contributed by atoms with Crippen LogP contribution in [0.25, 0.3) is 5.76 Å². The third-order valence-electron chi connectivity index (χ3n) is 3.94. The molecule has 0 heterocycles. The van der Waals surface area contributed by atoms with E-state index in [1.165, 1.54) is 13.2 Å². The van der Waals surface area contributed by atoms with E-state index in [1.54, 1.807) is 84.9 Å². The van der Waals surface area contributed by atoms with Gasteiger partial charge in [0.1, 0.15) is 17.3 Å². The summed E-state index contributed by atoms with van der Waals surface area (Å²) in [6.45, 7) is 0. The van der Waals surface area contributed by atoms with Crippen molar-refractivity contribution in [2.45, 2.75) is 6.42 Å². The van der Waals surface area contributed by atoms with Crippen LogP contribution in [-0.4, -0.2) is 13.1 Å². The summed E-state index contributed by atoms with van der Waals surface area (Å²) in [7, 11) is -2.91. The van der Waals surface area contributed by atoms with E-state index >= 15 is 0 Å². The third kappa shape index (κ3) is 7.02. The lowest BCUT2D eigenvalue weighted by Gasteiger charge is -2.21. The van der Waals surface area contributed by atoms with Gasteiger partial charge in [-0.2, -0.15) is 4.57 Å². The molecule has 0 aromatic heterocycles. The molecular formula is C23H20BrO6P. The average Bonchev–Trinajstić information content (AvgIpc) is 2.78. The molecule has 0 saturated carbocycles. The second kappa shape index (κ2) is 10.8. The van der Waals surface area contributed by atoms with E-state index < -0.39 is 13.8 Å². The van der Waals surface area contributed by atoms with E-state index in [9.17, 15) is 9.36 Å². The summed E-state index contributed by atoms with van der Waals surface area (Å²) in [5, 5.41) is 0. The van der Waals surface area contributed by atoms with Crippen molar-refractivity contribution in [3.05, 3.63) is 101 Å². The number of carbonyl (C=O) groups is 1. The molecule has 0 aliphatic carbocycles. The Bertz CT molecular complexity index is 1020. The minimum absolute atomic E-state index is 0.0848. The zero-order chi connectivity index (χ0) is 22.1. The van der Waals surface area contributed by atoms with Crippen LogP contribution in [0.1, 0.15) is 12.0 Å². The van der Waals surface area contributed by atoms with Gasteiger partial charge in [-0.05, 0) is 42.5 Å². The highest BCUT2D eigenvalue weighted by Gasteiger charge is 2.34. The van der Waals surface area contributed by atoms with Gasteiger partial charge in [-0.15, -0.1) is 0 Å². The summed E-state index contributed by atoms with van der Waals surface area (Å²) in [4.78, 5) is 11.7. The fraction of sp³-hybridized carbons (Fsp3) is 0.0870. The van der Waals surface area contributed by atoms with E-state index in [1.807, 2.05) is 0 Å². The number of esters is 1. The molecule has 0 radical (unpaired) electrons. The largest absolute Gasteiger partial charge is 0.647 e. The molecule has 0 spiro atoms. The van der Waals surface area contributed by atoms with Gasteiger partial charge in [-0.25, -0.2) is 0 Å². The molecule has 0 aliphatic rings. The van der Waals surface area contributed by atoms with Crippen LogP contribution in [-0.2, 0) is 18.6 Å². The van der Waals surface area contributed by atoms with Crippen molar-refractivity contribution in [1.82, 2.24) is 0 Å². The van der Waals surface area contributed by atoms with Crippen molar-refractivity contribution >= 4 is 35.5 Å². The number of hydrogen-bond acceptors (Lipinski definition) is 6. The molecule has 3 aromatic rings. The first-order valence-corrected chi connectivity index (χ1v) is 11.5. The first-order chi connectivity index (χ1) is 15.0. The summed E-state index contributed by atoms with van der Waals surface area (Å²) in [5.74, 6) is 0.309. The van der Waals surface area contributed by atoms with Crippen LogP contribution in [0, 0.1) is 0 Å². The van der Waals surface area contributed by atoms with Crippen molar-refractivity contribution < 1.29 is 27.7 Å². The number of phosphoric acid groups is 1. The van der Waals surface area contributed by atoms with Crippen LogP contribution >= 0.6 is 23.8 Å². The Morgan fingerprint density at radius 3 is 1.87 bits per heavy atom. The molecule has 0 amide bonds. The minimum atomic E-state index is -4.20. The van der Waals surface area contributed by atoms with E-state index in [0.29, 0.717) is 17.1 Å². The van der Waals surface area contributed by atoms with Crippen LogP contribution in [0.3, 0.4) is 0 Å². The van der Waals surface area contributed by atoms with Gasteiger partial charge >= 0.3 is 13.8 Å². The molecule has 0 saturated heterocycles. The molecule has 0 atom stereocenters. The number of rotatable bonds is 9. The lowest BCUT2D eigenvalue weighted by molar-refractivity contribution is -0.139. The van der Waals surface area contributed by atoms with Gasteiger partial charge in [-0.1, -0.05) is 64.5 Å². The molecule has 0 fully saturated rings. The van der Waals surface area contributed by atoms with E-state index in [-0.39, 0.29) is 12.2 Å². The molecule has 0 unspecified atom stereocenters. The summed E-state index contributed by atoms with van der Waals surface area (Å²) >= 11 is 3.38. The number of halogens is 1. The topological polar surface area (TPSA) is 71.1 Å². The SMILES string of the molecule is COC(=O)C/C=C(\OP(=O)(Oc1ccccc1)Oc1ccccc1)c1ccc(Br)cc1. The van der Waals surface area contributed by atoms with Crippen molar-refractivity contribution in [1.29, 1.82) is 0 Å². The van der Waals surface area contributed by atoms with E-state index in [4.69, 9.17) is 18.3 Å². The smallest absolute Gasteiger partial charge is 0.469 e. The van der Waals surface area contributed by atoms with Gasteiger partial charge < -0.3 is 18.3 Å². The third-order valence-corrected chi connectivity index (χ3v) is 5.76. The lowest BCUT2D eigenvalue weighted by atomic mass is 10.1. The van der Waals surface area contributed by atoms with E-state index in [2.05, 4.69) is 15.9 Å². The highest BCUT2D eigenvalue weighted by Crippen LogP contribution is 2.52. The minimum Gasteiger partial charge on any atom is -0.469 e. The Hall–Kier alpha value is -3.02. The number of ether oxygens (including phenoxy) is 1. The van der Waals surface area contributed by atoms with Gasteiger partial charge in [0.15, 0.2) is 0 Å². The molecule has 0 aliphatic heterocycles. The molecule has 6 nitrogen and oxygen atoms in total. The molecule has 3 rings (SSSR count). The maximum atomic E-state index is 13.7. The normalized spacial score (nSPS) is 11.5. The number of para-hydroxylation sites is 2. The van der Waals surface area contributed by atoms with Crippen LogP contribution in [0.2, 0.25) is 0 Å². The fourth-order valence-electron chi connectivity index (χ4n) is 2.48. The van der Waals surface area contributed by atoms with E-state index in [0.717, 1.165) is 4.47 Å². The number of methoxy groups -OCH3 is 1.